The number of anilines is 1. The number of aryl methyl sites for hydroxylation is 1. The number of amides is 1. The molecule has 4 aromatic rings. The van der Waals surface area contributed by atoms with E-state index in [0.717, 1.165) is 27.2 Å². The molecule has 36 heavy (non-hydrogen) atoms. The van der Waals surface area contributed by atoms with E-state index in [9.17, 15) is 13.2 Å². The highest BCUT2D eigenvalue weighted by molar-refractivity contribution is 7.89. The van der Waals surface area contributed by atoms with Crippen molar-refractivity contribution in [2.75, 3.05) is 18.4 Å². The molecule has 6 nitrogen and oxygen atoms in total. The summed E-state index contributed by atoms with van der Waals surface area (Å²) in [5.74, 6) is 0.375. The van der Waals surface area contributed by atoms with E-state index < -0.39 is 10.0 Å². The fourth-order valence-corrected chi connectivity index (χ4v) is 7.53. The molecule has 186 valence electrons. The molecular formula is C28H29N3O3S2. The molecule has 1 aliphatic heterocycles. The molecule has 0 aliphatic carbocycles. The van der Waals surface area contributed by atoms with Gasteiger partial charge in [-0.15, -0.1) is 11.3 Å². The molecule has 1 aromatic heterocycles. The van der Waals surface area contributed by atoms with Crippen LogP contribution in [0.25, 0.3) is 20.8 Å². The zero-order valence-electron chi connectivity index (χ0n) is 20.6. The number of hydrogen-bond acceptors (Lipinski definition) is 5. The predicted molar refractivity (Wildman–Crippen MR) is 146 cm³/mol. The van der Waals surface area contributed by atoms with E-state index in [4.69, 9.17) is 4.98 Å². The molecule has 1 aliphatic rings. The quantitative estimate of drug-likeness (QED) is 0.341. The number of sulfonamides is 1. The minimum Gasteiger partial charge on any atom is -0.322 e. The number of nitrogens with zero attached hydrogens (tertiary/aromatic N) is 2. The average Bonchev–Trinajstić information content (AvgIpc) is 3.27. The molecular weight excluding hydrogens is 490 g/mol. The van der Waals surface area contributed by atoms with E-state index in [1.165, 1.54) is 17.7 Å². The van der Waals surface area contributed by atoms with Crippen molar-refractivity contribution in [3.05, 3.63) is 77.9 Å². The summed E-state index contributed by atoms with van der Waals surface area (Å²) in [6.07, 6.45) is 1.03. The Bertz CT molecular complexity index is 1500. The van der Waals surface area contributed by atoms with E-state index in [-0.39, 0.29) is 10.8 Å². The van der Waals surface area contributed by atoms with Crippen LogP contribution >= 0.6 is 11.3 Å². The molecule has 0 bridgehead atoms. The third-order valence-electron chi connectivity index (χ3n) is 6.52. The Morgan fingerprint density at radius 3 is 2.31 bits per heavy atom. The minimum absolute atomic E-state index is 0.218. The first-order valence-corrected chi connectivity index (χ1v) is 14.3. The van der Waals surface area contributed by atoms with Gasteiger partial charge in [0.1, 0.15) is 5.01 Å². The number of hydrogen-bond donors (Lipinski definition) is 1. The molecule has 0 spiro atoms. The summed E-state index contributed by atoms with van der Waals surface area (Å²) in [6, 6.07) is 20.0. The number of aromatic nitrogens is 1. The molecule has 0 radical (unpaired) electrons. The Balaban J connectivity index is 1.27. The average molecular weight is 520 g/mol. The van der Waals surface area contributed by atoms with E-state index in [1.54, 1.807) is 27.8 Å². The van der Waals surface area contributed by atoms with Crippen molar-refractivity contribution in [1.29, 1.82) is 0 Å². The summed E-state index contributed by atoms with van der Waals surface area (Å²) in [5.41, 5.74) is 4.24. The van der Waals surface area contributed by atoms with E-state index in [0.29, 0.717) is 36.2 Å². The second-order valence-electron chi connectivity index (χ2n) is 9.81. The van der Waals surface area contributed by atoms with Gasteiger partial charge in [0.15, 0.2) is 0 Å². The lowest BCUT2D eigenvalue weighted by atomic mass is 9.94. The van der Waals surface area contributed by atoms with Gasteiger partial charge in [0.05, 0.1) is 15.1 Å². The van der Waals surface area contributed by atoms with Gasteiger partial charge in [0.2, 0.25) is 10.0 Å². The van der Waals surface area contributed by atoms with Crippen LogP contribution in [0.5, 0.6) is 0 Å². The van der Waals surface area contributed by atoms with Crippen molar-refractivity contribution in [3.63, 3.8) is 0 Å². The van der Waals surface area contributed by atoms with Crippen molar-refractivity contribution in [1.82, 2.24) is 9.29 Å². The molecule has 1 fully saturated rings. The molecule has 1 N–H and O–H groups in total. The zero-order chi connectivity index (χ0) is 25.4. The lowest BCUT2D eigenvalue weighted by Gasteiger charge is -2.34. The molecule has 2 atom stereocenters. The smallest absolute Gasteiger partial charge is 0.255 e. The molecule has 1 saturated heterocycles. The van der Waals surface area contributed by atoms with Gasteiger partial charge < -0.3 is 5.32 Å². The lowest BCUT2D eigenvalue weighted by Crippen LogP contribution is -2.42. The summed E-state index contributed by atoms with van der Waals surface area (Å²) in [6.45, 7) is 7.29. The Morgan fingerprint density at radius 1 is 0.972 bits per heavy atom. The van der Waals surface area contributed by atoms with E-state index in [2.05, 4.69) is 38.2 Å². The minimum atomic E-state index is -3.58. The number of carbonyl (C=O) groups is 1. The van der Waals surface area contributed by atoms with Crippen molar-refractivity contribution < 1.29 is 13.2 Å². The standard InChI is InChI=1S/C28H29N3O3S2/c1-18-4-13-25-26(15-18)35-28(30-25)22-5-9-23(10-6-22)29-27(32)21-7-11-24(12-8-21)36(33,34)31-16-19(2)14-20(3)17-31/h4-13,15,19-20H,14,16-17H2,1-3H3,(H,29,32)/t19-,20+. The van der Waals surface area contributed by atoms with Crippen LogP contribution in [0.2, 0.25) is 0 Å². The topological polar surface area (TPSA) is 79.4 Å². The third kappa shape index (κ3) is 5.07. The molecule has 2 heterocycles. The second-order valence-corrected chi connectivity index (χ2v) is 12.8. The maximum absolute atomic E-state index is 13.1. The van der Waals surface area contributed by atoms with Gasteiger partial charge in [-0.25, -0.2) is 13.4 Å². The molecule has 0 unspecified atom stereocenters. The Hall–Kier alpha value is -3.07. The van der Waals surface area contributed by atoms with Crippen LogP contribution in [-0.2, 0) is 10.0 Å². The van der Waals surface area contributed by atoms with Crippen molar-refractivity contribution in [3.8, 4) is 10.6 Å². The first kappa shape index (κ1) is 24.6. The maximum atomic E-state index is 13.1. The Morgan fingerprint density at radius 2 is 1.64 bits per heavy atom. The van der Waals surface area contributed by atoms with Gasteiger partial charge in [-0.05, 0) is 91.4 Å². The normalized spacial score (nSPS) is 18.9. The molecule has 1 amide bonds. The van der Waals surface area contributed by atoms with Crippen LogP contribution in [0.15, 0.2) is 71.6 Å². The van der Waals surface area contributed by atoms with Crippen molar-refractivity contribution in [2.24, 2.45) is 11.8 Å². The fourth-order valence-electron chi connectivity index (χ4n) is 4.78. The summed E-state index contributed by atoms with van der Waals surface area (Å²) >= 11 is 1.64. The lowest BCUT2D eigenvalue weighted by molar-refractivity contribution is 0.102. The SMILES string of the molecule is Cc1ccc2nc(-c3ccc(NC(=O)c4ccc(S(=O)(=O)N5C[C@H](C)C[C@H](C)C5)cc4)cc3)sc2c1. The number of rotatable bonds is 5. The van der Waals surface area contributed by atoms with Gasteiger partial charge in [0, 0.05) is 29.9 Å². The summed E-state index contributed by atoms with van der Waals surface area (Å²) in [5, 5.41) is 3.82. The largest absolute Gasteiger partial charge is 0.322 e. The second kappa shape index (κ2) is 9.76. The van der Waals surface area contributed by atoms with Gasteiger partial charge in [-0.1, -0.05) is 19.9 Å². The maximum Gasteiger partial charge on any atom is 0.255 e. The number of nitrogens with one attached hydrogen (secondary N) is 1. The first-order valence-electron chi connectivity index (χ1n) is 12.1. The van der Waals surface area contributed by atoms with E-state index in [1.807, 2.05) is 30.3 Å². The number of piperidine rings is 1. The van der Waals surface area contributed by atoms with Crippen LogP contribution in [0.3, 0.4) is 0 Å². The van der Waals surface area contributed by atoms with Crippen molar-refractivity contribution in [2.45, 2.75) is 32.1 Å². The third-order valence-corrected chi connectivity index (χ3v) is 9.44. The molecule has 8 heteroatoms. The van der Waals surface area contributed by atoms with Crippen LogP contribution in [0, 0.1) is 18.8 Å². The van der Waals surface area contributed by atoms with Crippen LogP contribution in [-0.4, -0.2) is 36.7 Å². The number of benzene rings is 3. The predicted octanol–water partition coefficient (Wildman–Crippen LogP) is 6.19. The van der Waals surface area contributed by atoms with E-state index >= 15 is 0 Å². The summed E-state index contributed by atoms with van der Waals surface area (Å²) < 4.78 is 28.9. The van der Waals surface area contributed by atoms with Crippen LogP contribution in [0.1, 0.15) is 36.2 Å². The number of fused-ring (bicyclic) bond motifs is 1. The summed E-state index contributed by atoms with van der Waals surface area (Å²) in [4.78, 5) is 17.7. The van der Waals surface area contributed by atoms with Gasteiger partial charge in [-0.2, -0.15) is 4.31 Å². The van der Waals surface area contributed by atoms with Crippen LogP contribution in [0.4, 0.5) is 5.69 Å². The first-order chi connectivity index (χ1) is 17.2. The van der Waals surface area contributed by atoms with Crippen molar-refractivity contribution >= 4 is 43.2 Å². The van der Waals surface area contributed by atoms with Gasteiger partial charge in [0.25, 0.3) is 5.91 Å². The highest BCUT2D eigenvalue weighted by Gasteiger charge is 2.31. The highest BCUT2D eigenvalue weighted by Crippen LogP contribution is 2.31. The Labute approximate surface area is 216 Å². The zero-order valence-corrected chi connectivity index (χ0v) is 22.2. The Kier molecular flexibility index (Phi) is 6.68. The number of thiazole rings is 1. The number of carbonyl (C=O) groups excluding carboxylic acids is 1. The monoisotopic (exact) mass is 519 g/mol. The van der Waals surface area contributed by atoms with Crippen LogP contribution < -0.4 is 5.32 Å². The fraction of sp³-hybridized carbons (Fsp3) is 0.286. The molecule has 0 saturated carbocycles. The molecule has 3 aromatic carbocycles. The van der Waals surface area contributed by atoms with Gasteiger partial charge in [-0.3, -0.25) is 4.79 Å². The summed E-state index contributed by atoms with van der Waals surface area (Å²) in [7, 11) is -3.58. The highest BCUT2D eigenvalue weighted by atomic mass is 32.2. The van der Waals surface area contributed by atoms with Gasteiger partial charge >= 0.3 is 0 Å². The molecule has 5 rings (SSSR count).